The fraction of sp³-hybridized carbons (Fsp3) is 0.533. The summed E-state index contributed by atoms with van der Waals surface area (Å²) >= 11 is 0. The third-order valence-electron chi connectivity index (χ3n) is 3.68. The molecule has 23 heavy (non-hydrogen) atoms. The number of hydrogen-bond donors (Lipinski definition) is 2. The Morgan fingerprint density at radius 3 is 2.57 bits per heavy atom. The largest absolute Gasteiger partial charge is 0.462 e. The normalized spacial score (nSPS) is 16.3. The number of esters is 1. The predicted octanol–water partition coefficient (Wildman–Crippen LogP) is 1.87. The molecule has 1 aromatic rings. The molecule has 0 aromatic heterocycles. The Labute approximate surface area is 132 Å². The molecule has 0 atom stereocenters. The molecular weight excluding hydrogens is 311 g/mol. The maximum absolute atomic E-state index is 13.3. The first-order chi connectivity index (χ1) is 10.8. The van der Waals surface area contributed by atoms with Crippen LogP contribution in [0, 0.1) is 0 Å². The first kappa shape index (κ1) is 17.6. The quantitative estimate of drug-likeness (QED) is 0.651. The maximum atomic E-state index is 13.3. The lowest BCUT2D eigenvalue weighted by Gasteiger charge is -2.28. The van der Waals surface area contributed by atoms with Crippen LogP contribution in [0.3, 0.4) is 0 Å². The van der Waals surface area contributed by atoms with Crippen LogP contribution in [0.1, 0.15) is 28.4 Å². The molecule has 0 spiro atoms. The van der Waals surface area contributed by atoms with Gasteiger partial charge in [-0.1, -0.05) is 0 Å². The molecule has 128 valence electrons. The van der Waals surface area contributed by atoms with Crippen molar-refractivity contribution in [1.29, 1.82) is 0 Å². The Kier molecular flexibility index (Phi) is 5.48. The second-order valence-corrected chi connectivity index (χ2v) is 5.34. The number of ether oxygens (including phenoxy) is 1. The highest BCUT2D eigenvalue weighted by Gasteiger charge is 2.35. The van der Waals surface area contributed by atoms with Gasteiger partial charge in [0.15, 0.2) is 0 Å². The van der Waals surface area contributed by atoms with Crippen molar-refractivity contribution in [3.05, 3.63) is 28.8 Å². The molecular formula is C15H20F3N3O2. The number of carbonyl (C=O) groups excluding carboxylic acids is 1. The van der Waals surface area contributed by atoms with Gasteiger partial charge in [-0.25, -0.2) is 4.79 Å². The summed E-state index contributed by atoms with van der Waals surface area (Å²) in [5.74, 6) is -0.843. The van der Waals surface area contributed by atoms with Gasteiger partial charge in [0.25, 0.3) is 0 Å². The van der Waals surface area contributed by atoms with Crippen molar-refractivity contribution in [2.45, 2.75) is 19.6 Å². The highest BCUT2D eigenvalue weighted by molar-refractivity contribution is 5.95. The minimum atomic E-state index is -4.56. The Morgan fingerprint density at radius 2 is 2.00 bits per heavy atom. The molecule has 0 saturated carbocycles. The average molecular weight is 331 g/mol. The van der Waals surface area contributed by atoms with E-state index in [0.29, 0.717) is 13.1 Å². The van der Waals surface area contributed by atoms with Gasteiger partial charge in [-0.2, -0.15) is 13.2 Å². The maximum Gasteiger partial charge on any atom is 0.416 e. The summed E-state index contributed by atoms with van der Waals surface area (Å²) in [5, 5.41) is 3.15. The van der Waals surface area contributed by atoms with Gasteiger partial charge in [0, 0.05) is 38.4 Å². The first-order valence-electron chi connectivity index (χ1n) is 7.42. The molecule has 0 bridgehead atoms. The Hall–Kier alpha value is -1.80. The molecule has 1 fully saturated rings. The number of alkyl halides is 3. The number of nitrogens with two attached hydrogens (primary N) is 1. The summed E-state index contributed by atoms with van der Waals surface area (Å²) in [7, 11) is 0. The fourth-order valence-corrected chi connectivity index (χ4v) is 2.55. The van der Waals surface area contributed by atoms with Crippen LogP contribution in [0.2, 0.25) is 0 Å². The summed E-state index contributed by atoms with van der Waals surface area (Å²) in [6, 6.07) is 2.03. The highest BCUT2D eigenvalue weighted by Crippen LogP contribution is 2.35. The van der Waals surface area contributed by atoms with E-state index in [1.54, 1.807) is 6.92 Å². The number of carbonyl (C=O) groups is 1. The number of benzene rings is 1. The Bertz CT molecular complexity index is 570. The average Bonchev–Trinajstić information content (AvgIpc) is 2.47. The number of nitrogens with one attached hydrogen (secondary N) is 1. The molecule has 5 nitrogen and oxygen atoms in total. The minimum Gasteiger partial charge on any atom is -0.462 e. The van der Waals surface area contributed by atoms with Gasteiger partial charge >= 0.3 is 12.1 Å². The number of rotatable bonds is 4. The summed E-state index contributed by atoms with van der Waals surface area (Å²) in [6.45, 7) is 4.59. The van der Waals surface area contributed by atoms with Crippen LogP contribution >= 0.6 is 0 Å². The second kappa shape index (κ2) is 7.18. The highest BCUT2D eigenvalue weighted by atomic mass is 19.4. The minimum absolute atomic E-state index is 0.00147. The number of halogens is 3. The molecule has 1 heterocycles. The summed E-state index contributed by atoms with van der Waals surface area (Å²) < 4.78 is 44.8. The van der Waals surface area contributed by atoms with Crippen molar-refractivity contribution < 1.29 is 22.7 Å². The lowest BCUT2D eigenvalue weighted by molar-refractivity contribution is -0.138. The van der Waals surface area contributed by atoms with Gasteiger partial charge in [0.2, 0.25) is 0 Å². The number of anilines is 1. The Morgan fingerprint density at radius 1 is 1.35 bits per heavy atom. The standard InChI is InChI=1S/C15H20F3N3O2/c1-2-23-14(22)11-8-12(15(16,17)18)10(7-13(11)19)9-21-5-3-20-4-6-21/h7-8,20H,2-6,9,19H2,1H3. The summed E-state index contributed by atoms with van der Waals surface area (Å²) in [6.07, 6.45) is -4.56. The van der Waals surface area contributed by atoms with Crippen molar-refractivity contribution in [2.75, 3.05) is 38.5 Å². The molecule has 0 unspecified atom stereocenters. The molecule has 0 aliphatic carbocycles. The lowest BCUT2D eigenvalue weighted by atomic mass is 10.0. The zero-order chi connectivity index (χ0) is 17.0. The number of hydrogen-bond acceptors (Lipinski definition) is 5. The molecule has 0 radical (unpaired) electrons. The van der Waals surface area contributed by atoms with E-state index in [9.17, 15) is 18.0 Å². The van der Waals surface area contributed by atoms with E-state index in [1.807, 2.05) is 4.90 Å². The van der Waals surface area contributed by atoms with Gasteiger partial charge in [-0.05, 0) is 24.6 Å². The van der Waals surface area contributed by atoms with E-state index in [2.05, 4.69) is 5.32 Å². The number of nitrogens with zero attached hydrogens (tertiary/aromatic N) is 1. The zero-order valence-corrected chi connectivity index (χ0v) is 12.9. The molecule has 3 N–H and O–H groups in total. The lowest BCUT2D eigenvalue weighted by Crippen LogP contribution is -2.43. The van der Waals surface area contributed by atoms with Crippen molar-refractivity contribution >= 4 is 11.7 Å². The molecule has 8 heteroatoms. The Balaban J connectivity index is 2.36. The van der Waals surface area contributed by atoms with Crippen LogP contribution in [-0.2, 0) is 17.5 Å². The van der Waals surface area contributed by atoms with E-state index in [4.69, 9.17) is 10.5 Å². The van der Waals surface area contributed by atoms with Crippen molar-refractivity contribution in [1.82, 2.24) is 10.2 Å². The van der Waals surface area contributed by atoms with E-state index in [-0.39, 0.29) is 30.0 Å². The smallest absolute Gasteiger partial charge is 0.416 e. The number of nitrogen functional groups attached to an aromatic ring is 1. The zero-order valence-electron chi connectivity index (χ0n) is 12.9. The number of piperazine rings is 1. The van der Waals surface area contributed by atoms with Gasteiger partial charge < -0.3 is 15.8 Å². The van der Waals surface area contributed by atoms with Crippen LogP contribution < -0.4 is 11.1 Å². The predicted molar refractivity (Wildman–Crippen MR) is 80.0 cm³/mol. The SMILES string of the molecule is CCOC(=O)c1cc(C(F)(F)F)c(CN2CCNCC2)cc1N. The van der Waals surface area contributed by atoms with E-state index in [1.165, 1.54) is 6.07 Å². The monoisotopic (exact) mass is 331 g/mol. The molecule has 0 amide bonds. The van der Waals surface area contributed by atoms with Gasteiger partial charge in [-0.15, -0.1) is 0 Å². The fourth-order valence-electron chi connectivity index (χ4n) is 2.55. The van der Waals surface area contributed by atoms with E-state index >= 15 is 0 Å². The topological polar surface area (TPSA) is 67.6 Å². The third-order valence-corrected chi connectivity index (χ3v) is 3.68. The van der Waals surface area contributed by atoms with Crippen LogP contribution in [0.5, 0.6) is 0 Å². The molecule has 1 aliphatic rings. The van der Waals surface area contributed by atoms with Crippen molar-refractivity contribution in [2.24, 2.45) is 0 Å². The van der Waals surface area contributed by atoms with Gasteiger partial charge in [-0.3, -0.25) is 4.90 Å². The van der Waals surface area contributed by atoms with Crippen LogP contribution in [0.4, 0.5) is 18.9 Å². The molecule has 1 aromatic carbocycles. The third kappa shape index (κ3) is 4.35. The van der Waals surface area contributed by atoms with Crippen molar-refractivity contribution in [3.8, 4) is 0 Å². The van der Waals surface area contributed by atoms with Crippen molar-refractivity contribution in [3.63, 3.8) is 0 Å². The van der Waals surface area contributed by atoms with Gasteiger partial charge in [0.1, 0.15) is 0 Å². The molecule has 2 rings (SSSR count). The molecule has 1 saturated heterocycles. The van der Waals surface area contributed by atoms with E-state index in [0.717, 1.165) is 19.2 Å². The van der Waals surface area contributed by atoms with Crippen LogP contribution in [-0.4, -0.2) is 43.7 Å². The summed E-state index contributed by atoms with van der Waals surface area (Å²) in [4.78, 5) is 13.7. The van der Waals surface area contributed by atoms with Crippen LogP contribution in [0.15, 0.2) is 12.1 Å². The van der Waals surface area contributed by atoms with E-state index < -0.39 is 17.7 Å². The molecule has 1 aliphatic heterocycles. The van der Waals surface area contributed by atoms with Gasteiger partial charge in [0.05, 0.1) is 17.7 Å². The first-order valence-corrected chi connectivity index (χ1v) is 7.42. The van der Waals surface area contributed by atoms with Crippen LogP contribution in [0.25, 0.3) is 0 Å². The second-order valence-electron chi connectivity index (χ2n) is 5.34. The summed E-state index contributed by atoms with van der Waals surface area (Å²) in [5.41, 5.74) is 4.76.